The molecule has 21 heavy (non-hydrogen) atoms. The average molecular weight is 289 g/mol. The van der Waals surface area contributed by atoms with Gasteiger partial charge in [0.2, 0.25) is 0 Å². The van der Waals surface area contributed by atoms with Gasteiger partial charge in [-0.1, -0.05) is 44.2 Å². The third kappa shape index (κ3) is 5.88. The van der Waals surface area contributed by atoms with Crippen molar-refractivity contribution >= 4 is 5.97 Å². The van der Waals surface area contributed by atoms with Crippen molar-refractivity contribution < 1.29 is 9.53 Å². The summed E-state index contributed by atoms with van der Waals surface area (Å²) in [6, 6.07) is 9.85. The molecule has 0 N–H and O–H groups in total. The molecular weight excluding hydrogens is 262 g/mol. The number of rotatable bonds is 9. The van der Waals surface area contributed by atoms with Crippen molar-refractivity contribution in [3.63, 3.8) is 0 Å². The summed E-state index contributed by atoms with van der Waals surface area (Å²) in [5, 5.41) is 0. The lowest BCUT2D eigenvalue weighted by molar-refractivity contribution is -0.150. The molecule has 3 heteroatoms. The van der Waals surface area contributed by atoms with E-state index in [1.54, 1.807) is 0 Å². The van der Waals surface area contributed by atoms with Crippen molar-refractivity contribution in [1.82, 2.24) is 4.90 Å². The molecule has 1 atom stereocenters. The lowest BCUT2D eigenvalue weighted by Gasteiger charge is -2.24. The molecule has 1 aromatic carbocycles. The lowest BCUT2D eigenvalue weighted by atomic mass is 10.1. The van der Waals surface area contributed by atoms with Crippen molar-refractivity contribution in [1.29, 1.82) is 0 Å². The number of benzene rings is 1. The largest absolute Gasteiger partial charge is 0.461 e. The Kier molecular flexibility index (Phi) is 6.24. The minimum absolute atomic E-state index is 0.0565. The third-order valence-corrected chi connectivity index (χ3v) is 3.91. The van der Waals surface area contributed by atoms with Crippen LogP contribution in [0.5, 0.6) is 0 Å². The van der Waals surface area contributed by atoms with Crippen molar-refractivity contribution in [2.45, 2.75) is 39.7 Å². The molecule has 0 aromatic heterocycles. The van der Waals surface area contributed by atoms with Gasteiger partial charge in [-0.05, 0) is 37.3 Å². The molecule has 1 unspecified atom stereocenters. The van der Waals surface area contributed by atoms with Gasteiger partial charge in [0, 0.05) is 13.1 Å². The second kappa shape index (κ2) is 8.18. The van der Waals surface area contributed by atoms with Crippen LogP contribution in [-0.2, 0) is 16.1 Å². The maximum Gasteiger partial charge on any atom is 0.310 e. The molecule has 1 saturated carbocycles. The van der Waals surface area contributed by atoms with E-state index in [0.29, 0.717) is 6.61 Å². The van der Waals surface area contributed by atoms with E-state index in [-0.39, 0.29) is 11.9 Å². The summed E-state index contributed by atoms with van der Waals surface area (Å²) < 4.78 is 5.42. The molecule has 1 aliphatic rings. The highest BCUT2D eigenvalue weighted by Gasteiger charge is 2.26. The highest BCUT2D eigenvalue weighted by molar-refractivity contribution is 5.72. The zero-order chi connectivity index (χ0) is 15.1. The number of ether oxygens (including phenoxy) is 1. The van der Waals surface area contributed by atoms with Crippen molar-refractivity contribution in [3.05, 3.63) is 35.9 Å². The molecule has 1 aromatic rings. The van der Waals surface area contributed by atoms with Gasteiger partial charge in [0.25, 0.3) is 0 Å². The molecule has 3 nitrogen and oxygen atoms in total. The topological polar surface area (TPSA) is 29.5 Å². The Morgan fingerprint density at radius 1 is 1.33 bits per heavy atom. The summed E-state index contributed by atoms with van der Waals surface area (Å²) >= 11 is 0. The molecule has 0 radical (unpaired) electrons. The van der Waals surface area contributed by atoms with E-state index in [9.17, 15) is 4.79 Å². The molecule has 0 amide bonds. The first-order chi connectivity index (χ1) is 10.2. The van der Waals surface area contributed by atoms with Crippen LogP contribution in [0.3, 0.4) is 0 Å². The quantitative estimate of drug-likeness (QED) is 0.652. The van der Waals surface area contributed by atoms with Crippen molar-refractivity contribution in [3.8, 4) is 0 Å². The second-order valence-corrected chi connectivity index (χ2v) is 6.20. The normalized spacial score (nSPS) is 16.0. The fraction of sp³-hybridized carbons (Fsp3) is 0.611. The third-order valence-electron chi connectivity index (χ3n) is 3.91. The monoisotopic (exact) mass is 289 g/mol. The van der Waals surface area contributed by atoms with Crippen LogP contribution in [0.1, 0.15) is 38.7 Å². The minimum atomic E-state index is -0.0873. The molecule has 1 aliphatic carbocycles. The maximum atomic E-state index is 12.1. The van der Waals surface area contributed by atoms with Crippen LogP contribution in [0.4, 0.5) is 0 Å². The van der Waals surface area contributed by atoms with Crippen LogP contribution >= 0.6 is 0 Å². The molecule has 0 aliphatic heterocycles. The van der Waals surface area contributed by atoms with E-state index in [2.05, 4.69) is 11.8 Å². The maximum absolute atomic E-state index is 12.1. The number of carbonyl (C=O) groups is 1. The van der Waals surface area contributed by atoms with Crippen LogP contribution in [0.2, 0.25) is 0 Å². The SMILES string of the molecule is CCCN(CC1CC1)CC(C)C(=O)OCc1ccccc1. The molecule has 2 rings (SSSR count). The number of carbonyl (C=O) groups excluding carboxylic acids is 1. The van der Waals surface area contributed by atoms with Crippen LogP contribution in [0.15, 0.2) is 30.3 Å². The zero-order valence-corrected chi connectivity index (χ0v) is 13.3. The summed E-state index contributed by atoms with van der Waals surface area (Å²) in [4.78, 5) is 14.5. The first-order valence-corrected chi connectivity index (χ1v) is 8.12. The molecule has 0 spiro atoms. The Hall–Kier alpha value is -1.35. The summed E-state index contributed by atoms with van der Waals surface area (Å²) in [5.74, 6) is 0.721. The lowest BCUT2D eigenvalue weighted by Crippen LogP contribution is -2.34. The van der Waals surface area contributed by atoms with E-state index in [0.717, 1.165) is 37.5 Å². The van der Waals surface area contributed by atoms with Crippen molar-refractivity contribution in [2.24, 2.45) is 11.8 Å². The molecule has 0 heterocycles. The molecule has 116 valence electrons. The minimum Gasteiger partial charge on any atom is -0.461 e. The van der Waals surface area contributed by atoms with Gasteiger partial charge in [-0.25, -0.2) is 0 Å². The molecule has 0 bridgehead atoms. The number of esters is 1. The van der Waals surface area contributed by atoms with Gasteiger partial charge >= 0.3 is 5.97 Å². The average Bonchev–Trinajstić information content (AvgIpc) is 3.30. The van der Waals surface area contributed by atoms with Crippen LogP contribution in [0.25, 0.3) is 0 Å². The predicted octanol–water partition coefficient (Wildman–Crippen LogP) is 3.49. The fourth-order valence-electron chi connectivity index (χ4n) is 2.57. The predicted molar refractivity (Wildman–Crippen MR) is 84.9 cm³/mol. The second-order valence-electron chi connectivity index (χ2n) is 6.20. The van der Waals surface area contributed by atoms with E-state index in [1.165, 1.54) is 12.8 Å². The Bertz CT molecular complexity index is 428. The number of hydrogen-bond donors (Lipinski definition) is 0. The zero-order valence-electron chi connectivity index (χ0n) is 13.3. The van der Waals surface area contributed by atoms with Gasteiger partial charge in [-0.2, -0.15) is 0 Å². The van der Waals surface area contributed by atoms with E-state index < -0.39 is 0 Å². The van der Waals surface area contributed by atoms with Gasteiger partial charge in [0.15, 0.2) is 0 Å². The van der Waals surface area contributed by atoms with E-state index >= 15 is 0 Å². The molecular formula is C18H27NO2. The number of hydrogen-bond acceptors (Lipinski definition) is 3. The van der Waals surface area contributed by atoms with Gasteiger partial charge in [-0.3, -0.25) is 4.79 Å². The fourth-order valence-corrected chi connectivity index (χ4v) is 2.57. The van der Waals surface area contributed by atoms with E-state index in [1.807, 2.05) is 37.3 Å². The molecule has 1 fully saturated rings. The Morgan fingerprint density at radius 2 is 2.05 bits per heavy atom. The highest BCUT2D eigenvalue weighted by Crippen LogP contribution is 2.30. The molecule has 0 saturated heterocycles. The summed E-state index contributed by atoms with van der Waals surface area (Å²) in [6.07, 6.45) is 3.85. The Labute approximate surface area is 128 Å². The summed E-state index contributed by atoms with van der Waals surface area (Å²) in [5.41, 5.74) is 1.04. The van der Waals surface area contributed by atoms with E-state index in [4.69, 9.17) is 4.74 Å². The first kappa shape index (κ1) is 16.0. The van der Waals surface area contributed by atoms with Gasteiger partial charge in [-0.15, -0.1) is 0 Å². The summed E-state index contributed by atoms with van der Waals surface area (Å²) in [7, 11) is 0. The standard InChI is InChI=1S/C18H27NO2/c1-3-11-19(13-16-9-10-16)12-15(2)18(20)21-14-17-7-5-4-6-8-17/h4-8,15-16H,3,9-14H2,1-2H3. The van der Waals surface area contributed by atoms with Gasteiger partial charge in [0.1, 0.15) is 6.61 Å². The smallest absolute Gasteiger partial charge is 0.310 e. The number of nitrogens with zero attached hydrogens (tertiary/aromatic N) is 1. The Balaban J connectivity index is 1.74. The van der Waals surface area contributed by atoms with Gasteiger partial charge in [0.05, 0.1) is 5.92 Å². The van der Waals surface area contributed by atoms with Crippen LogP contribution < -0.4 is 0 Å². The first-order valence-electron chi connectivity index (χ1n) is 8.12. The van der Waals surface area contributed by atoms with Crippen LogP contribution in [-0.4, -0.2) is 30.5 Å². The van der Waals surface area contributed by atoms with Crippen LogP contribution in [0, 0.1) is 11.8 Å². The summed E-state index contributed by atoms with van der Waals surface area (Å²) in [6.45, 7) is 7.58. The van der Waals surface area contributed by atoms with Crippen molar-refractivity contribution in [2.75, 3.05) is 19.6 Å². The van der Waals surface area contributed by atoms with Gasteiger partial charge < -0.3 is 9.64 Å². The highest BCUT2D eigenvalue weighted by atomic mass is 16.5. The Morgan fingerprint density at radius 3 is 2.67 bits per heavy atom.